The number of aliphatic hydroxyl groups excluding tert-OH is 3. The predicted octanol–water partition coefficient (Wildman–Crippen LogP) is 2.83. The third-order valence-corrected chi connectivity index (χ3v) is 9.33. The molecule has 3 aliphatic rings. The Balaban J connectivity index is 1.71. The second-order valence-electron chi connectivity index (χ2n) is 11.3. The molecule has 2 bridgehead atoms. The van der Waals surface area contributed by atoms with Gasteiger partial charge in [0.1, 0.15) is 12.3 Å². The van der Waals surface area contributed by atoms with E-state index in [0.29, 0.717) is 17.5 Å². The number of carbonyl (C=O) groups is 1. The van der Waals surface area contributed by atoms with Gasteiger partial charge in [-0.25, -0.2) is 0 Å². The van der Waals surface area contributed by atoms with Gasteiger partial charge in [0.2, 0.25) is 0 Å². The Morgan fingerprint density at radius 3 is 2.40 bits per heavy atom. The Hall–Kier alpha value is -3.51. The minimum Gasteiger partial charge on any atom is -0.392 e. The maximum atomic E-state index is 13.6. The molecule has 5 heterocycles. The molecule has 1 saturated heterocycles. The lowest BCUT2D eigenvalue weighted by atomic mass is 9.93. The first-order valence-electron chi connectivity index (χ1n) is 13.5. The number of aliphatic hydroxyl groups is 3. The van der Waals surface area contributed by atoms with Gasteiger partial charge >= 0.3 is 0 Å². The topological polar surface area (TPSA) is 130 Å². The largest absolute Gasteiger partial charge is 0.392 e. The number of hydrogen-bond acceptors (Lipinski definition) is 7. The molecule has 0 aliphatic carbocycles. The number of aromatic nitrogens is 2. The minimum absolute atomic E-state index is 0.0581. The fourth-order valence-corrected chi connectivity index (χ4v) is 7.77. The van der Waals surface area contributed by atoms with Crippen LogP contribution in [0.2, 0.25) is 0 Å². The molecule has 5 N–H and O–H groups in total. The van der Waals surface area contributed by atoms with Crippen molar-refractivity contribution >= 4 is 49.5 Å². The van der Waals surface area contributed by atoms with Crippen molar-refractivity contribution in [2.24, 2.45) is 0 Å². The summed E-state index contributed by atoms with van der Waals surface area (Å²) in [6, 6.07) is 11.5. The Morgan fingerprint density at radius 1 is 1.07 bits per heavy atom. The summed E-state index contributed by atoms with van der Waals surface area (Å²) < 4.78 is 17.6. The summed E-state index contributed by atoms with van der Waals surface area (Å²) >= 11 is 0. The number of amides is 1. The van der Waals surface area contributed by atoms with E-state index >= 15 is 0 Å². The molecule has 10 nitrogen and oxygen atoms in total. The molecule has 8 rings (SSSR count). The number of methoxy groups -OCH3 is 1. The molecule has 0 radical (unpaired) electrons. The second kappa shape index (κ2) is 8.03. The van der Waals surface area contributed by atoms with Gasteiger partial charge in [-0.2, -0.15) is 0 Å². The molecule has 1 fully saturated rings. The first-order chi connectivity index (χ1) is 19.4. The third kappa shape index (κ3) is 2.71. The number of hydrogen-bond donors (Lipinski definition) is 5. The van der Waals surface area contributed by atoms with Gasteiger partial charge in [0.05, 0.1) is 40.8 Å². The van der Waals surface area contributed by atoms with Gasteiger partial charge in [0.15, 0.2) is 12.0 Å². The zero-order valence-corrected chi connectivity index (χ0v) is 22.4. The highest BCUT2D eigenvalue weighted by atomic mass is 16.6. The summed E-state index contributed by atoms with van der Waals surface area (Å²) in [6.07, 6.45) is -1.34. The summed E-state index contributed by atoms with van der Waals surface area (Å²) in [5, 5.41) is 40.6. The van der Waals surface area contributed by atoms with Crippen molar-refractivity contribution in [2.75, 3.05) is 14.2 Å². The molecule has 3 aromatic carbocycles. The average molecular weight is 543 g/mol. The van der Waals surface area contributed by atoms with Crippen LogP contribution in [0.3, 0.4) is 0 Å². The molecule has 2 aromatic heterocycles. The molecule has 0 saturated carbocycles. The van der Waals surface area contributed by atoms with Gasteiger partial charge in [-0.3, -0.25) is 4.79 Å². The lowest BCUT2D eigenvalue weighted by Crippen LogP contribution is -2.59. The van der Waals surface area contributed by atoms with Crippen LogP contribution in [0.5, 0.6) is 0 Å². The van der Waals surface area contributed by atoms with Crippen molar-refractivity contribution in [3.63, 3.8) is 0 Å². The molecule has 40 heavy (non-hydrogen) atoms. The van der Waals surface area contributed by atoms with E-state index in [-0.39, 0.29) is 31.3 Å². The normalized spacial score (nSPS) is 27.3. The van der Waals surface area contributed by atoms with E-state index in [1.165, 1.54) is 0 Å². The van der Waals surface area contributed by atoms with Gasteiger partial charge in [-0.1, -0.05) is 12.1 Å². The highest BCUT2D eigenvalue weighted by Crippen LogP contribution is 2.54. The van der Waals surface area contributed by atoms with Crippen LogP contribution in [0.25, 0.3) is 43.6 Å². The van der Waals surface area contributed by atoms with Crippen LogP contribution in [-0.4, -0.2) is 56.7 Å². The van der Waals surface area contributed by atoms with Crippen LogP contribution >= 0.6 is 0 Å². The Morgan fingerprint density at radius 2 is 1.75 bits per heavy atom. The number of rotatable bonds is 4. The molecular formula is C30H30N4O6. The highest BCUT2D eigenvalue weighted by molar-refractivity contribution is 6.31. The monoisotopic (exact) mass is 542 g/mol. The van der Waals surface area contributed by atoms with E-state index < -0.39 is 18.2 Å². The molecule has 3 aliphatic heterocycles. The van der Waals surface area contributed by atoms with E-state index in [1.54, 1.807) is 7.11 Å². The Bertz CT molecular complexity index is 1920. The smallest absolute Gasteiger partial charge is 0.254 e. The fourth-order valence-electron chi connectivity index (χ4n) is 7.77. The van der Waals surface area contributed by atoms with Crippen LogP contribution < -0.4 is 10.6 Å². The van der Waals surface area contributed by atoms with Crippen molar-refractivity contribution in [3.8, 4) is 0 Å². The highest BCUT2D eigenvalue weighted by Gasteiger charge is 2.53. The molecule has 3 unspecified atom stereocenters. The molecule has 5 aromatic rings. The summed E-state index contributed by atoms with van der Waals surface area (Å²) in [6.45, 7) is 1.75. The van der Waals surface area contributed by atoms with Crippen molar-refractivity contribution in [3.05, 3.63) is 58.7 Å². The van der Waals surface area contributed by atoms with Gasteiger partial charge in [0.25, 0.3) is 5.91 Å². The SMILES string of the molecule is CNC1C[C@H]2O[C@@](C)(C1OC)n1c3ccc(CO)cc3c3c4c(c5c6cc(CO)ccc6n2c5c31)C(=O)NC4O. The predicted molar refractivity (Wildman–Crippen MR) is 149 cm³/mol. The summed E-state index contributed by atoms with van der Waals surface area (Å²) in [5.74, 6) is -0.348. The van der Waals surface area contributed by atoms with Gasteiger partial charge in [-0.05, 0) is 49.4 Å². The molecule has 5 atom stereocenters. The van der Waals surface area contributed by atoms with Gasteiger partial charge in [-0.15, -0.1) is 0 Å². The fraction of sp³-hybridized carbons (Fsp3) is 0.367. The van der Waals surface area contributed by atoms with E-state index in [1.807, 2.05) is 50.4 Å². The van der Waals surface area contributed by atoms with Crippen molar-refractivity contribution in [1.82, 2.24) is 19.8 Å². The number of likely N-dealkylation sites (N-methyl/N-ethyl adjacent to an activating group) is 1. The van der Waals surface area contributed by atoms with E-state index in [2.05, 4.69) is 19.8 Å². The maximum absolute atomic E-state index is 13.6. The standard InChI is InChI=1S/C30H30N4O6/c1-30-27(39-3)17(31-2)10-20(40-30)33-18-6-4-13(11-35)8-15(18)21-23-24(29(38)32-28(23)37)22-16-9-14(12-36)5-7-19(16)34(30)26(22)25(21)33/h4-9,17,20,27,29,31,35-36,38H,10-12H2,1-3H3,(H,32,37)/t17?,20-,27?,29?,30+/m1/s1. The molecule has 1 amide bonds. The molecule has 0 spiro atoms. The molecule has 10 heteroatoms. The maximum Gasteiger partial charge on any atom is 0.254 e. The van der Waals surface area contributed by atoms with Crippen LogP contribution in [-0.2, 0) is 28.4 Å². The van der Waals surface area contributed by atoms with E-state index in [4.69, 9.17) is 9.47 Å². The zero-order valence-electron chi connectivity index (χ0n) is 22.4. The van der Waals surface area contributed by atoms with Crippen LogP contribution in [0.4, 0.5) is 0 Å². The summed E-state index contributed by atoms with van der Waals surface area (Å²) in [7, 11) is 3.62. The Kier molecular flexibility index (Phi) is 4.88. The number of ether oxygens (including phenoxy) is 2. The van der Waals surface area contributed by atoms with Crippen molar-refractivity contribution < 1.29 is 29.6 Å². The summed E-state index contributed by atoms with van der Waals surface area (Å²) in [5.41, 5.74) is 4.83. The number of carbonyl (C=O) groups excluding carboxylic acids is 1. The van der Waals surface area contributed by atoms with E-state index in [9.17, 15) is 20.1 Å². The summed E-state index contributed by atoms with van der Waals surface area (Å²) in [4.78, 5) is 13.6. The quantitative estimate of drug-likeness (QED) is 0.236. The first-order valence-corrected chi connectivity index (χ1v) is 13.5. The van der Waals surface area contributed by atoms with Crippen molar-refractivity contribution in [2.45, 2.75) is 56.9 Å². The van der Waals surface area contributed by atoms with Crippen LogP contribution in [0.1, 0.15) is 52.8 Å². The first kappa shape index (κ1) is 24.3. The number of benzene rings is 3. The molecular weight excluding hydrogens is 512 g/mol. The van der Waals surface area contributed by atoms with E-state index in [0.717, 1.165) is 54.7 Å². The van der Waals surface area contributed by atoms with Gasteiger partial charge in [0, 0.05) is 46.7 Å². The number of nitrogens with zero attached hydrogens (tertiary/aromatic N) is 2. The van der Waals surface area contributed by atoms with Crippen LogP contribution in [0.15, 0.2) is 36.4 Å². The number of nitrogens with one attached hydrogen (secondary N) is 2. The van der Waals surface area contributed by atoms with Crippen LogP contribution in [0, 0.1) is 0 Å². The number of fused-ring (bicyclic) bond motifs is 13. The van der Waals surface area contributed by atoms with Gasteiger partial charge < -0.3 is 44.6 Å². The lowest BCUT2D eigenvalue weighted by molar-refractivity contribution is -0.256. The lowest BCUT2D eigenvalue weighted by Gasteiger charge is -2.48. The Labute approximate surface area is 228 Å². The molecule has 206 valence electrons. The minimum atomic E-state index is -1.21. The third-order valence-electron chi connectivity index (χ3n) is 9.33. The second-order valence-corrected chi connectivity index (χ2v) is 11.3. The average Bonchev–Trinajstić information content (AvgIpc) is 3.56. The zero-order chi connectivity index (χ0) is 27.7. The van der Waals surface area contributed by atoms with Crippen molar-refractivity contribution in [1.29, 1.82) is 0 Å².